The topological polar surface area (TPSA) is 61.7 Å². The number of H-pyrrole nitrogens is 1. The normalized spacial score (nSPS) is 16.7. The molecule has 4 nitrogen and oxygen atoms in total. The van der Waals surface area contributed by atoms with Gasteiger partial charge in [-0.1, -0.05) is 12.1 Å². The average molecular weight is 257 g/mol. The standard InChI is InChI=1S/C14H12FN3O/c1-9-12(10-4-2-3-5-11(10)15)18-13(17-9)14(6-16)7-19-8-14/h2-5H,7-8H2,1H3,(H,17,18). The van der Waals surface area contributed by atoms with E-state index in [0.29, 0.717) is 30.3 Å². The van der Waals surface area contributed by atoms with Crippen molar-refractivity contribution >= 4 is 0 Å². The maximum atomic E-state index is 13.8. The molecule has 2 heterocycles. The second-order valence-electron chi connectivity index (χ2n) is 4.73. The van der Waals surface area contributed by atoms with E-state index in [9.17, 15) is 9.65 Å². The number of aromatic nitrogens is 2. The zero-order valence-electron chi connectivity index (χ0n) is 10.4. The Kier molecular flexibility index (Phi) is 2.61. The first-order valence-electron chi connectivity index (χ1n) is 5.97. The van der Waals surface area contributed by atoms with E-state index in [0.717, 1.165) is 5.69 Å². The van der Waals surface area contributed by atoms with Crippen LogP contribution in [0.5, 0.6) is 0 Å². The highest BCUT2D eigenvalue weighted by Gasteiger charge is 2.44. The van der Waals surface area contributed by atoms with Crippen LogP contribution >= 0.6 is 0 Å². The highest BCUT2D eigenvalue weighted by Crippen LogP contribution is 2.33. The first kappa shape index (κ1) is 11.9. The number of aromatic amines is 1. The van der Waals surface area contributed by atoms with Crippen LogP contribution in [0.1, 0.15) is 11.5 Å². The molecule has 19 heavy (non-hydrogen) atoms. The molecule has 1 aliphatic heterocycles. The van der Waals surface area contributed by atoms with Crippen molar-refractivity contribution < 1.29 is 9.13 Å². The molecule has 1 aromatic carbocycles. The van der Waals surface area contributed by atoms with Crippen molar-refractivity contribution in [2.24, 2.45) is 0 Å². The number of ether oxygens (including phenoxy) is 1. The quantitative estimate of drug-likeness (QED) is 0.898. The summed E-state index contributed by atoms with van der Waals surface area (Å²) in [5.41, 5.74) is 1.03. The minimum atomic E-state index is -0.714. The molecule has 0 aliphatic carbocycles. The highest BCUT2D eigenvalue weighted by molar-refractivity contribution is 5.63. The zero-order chi connectivity index (χ0) is 13.5. The molecule has 0 atom stereocenters. The number of hydrogen-bond acceptors (Lipinski definition) is 3. The lowest BCUT2D eigenvalue weighted by Gasteiger charge is -2.32. The van der Waals surface area contributed by atoms with Gasteiger partial charge in [-0.05, 0) is 19.1 Å². The zero-order valence-corrected chi connectivity index (χ0v) is 10.4. The maximum Gasteiger partial charge on any atom is 0.161 e. The third kappa shape index (κ3) is 1.72. The summed E-state index contributed by atoms with van der Waals surface area (Å²) in [5, 5.41) is 9.25. The predicted molar refractivity (Wildman–Crippen MR) is 66.8 cm³/mol. The monoisotopic (exact) mass is 257 g/mol. The molecule has 0 amide bonds. The SMILES string of the molecule is Cc1[nH]c(C2(C#N)COC2)nc1-c1ccccc1F. The van der Waals surface area contributed by atoms with Crippen LogP contribution in [0.4, 0.5) is 4.39 Å². The second kappa shape index (κ2) is 4.18. The molecule has 1 fully saturated rings. The Morgan fingerprint density at radius 3 is 2.74 bits per heavy atom. The van der Waals surface area contributed by atoms with Crippen molar-refractivity contribution in [1.29, 1.82) is 5.26 Å². The molecule has 1 saturated heterocycles. The van der Waals surface area contributed by atoms with Crippen LogP contribution in [0, 0.1) is 24.1 Å². The van der Waals surface area contributed by atoms with Crippen molar-refractivity contribution in [2.45, 2.75) is 12.3 Å². The molecule has 1 aliphatic rings. The Morgan fingerprint density at radius 2 is 2.16 bits per heavy atom. The Bertz CT molecular complexity index is 668. The first-order valence-corrected chi connectivity index (χ1v) is 5.97. The van der Waals surface area contributed by atoms with Crippen LogP contribution in [-0.2, 0) is 10.2 Å². The molecule has 0 saturated carbocycles. The summed E-state index contributed by atoms with van der Waals surface area (Å²) < 4.78 is 18.9. The first-order chi connectivity index (χ1) is 9.16. The van der Waals surface area contributed by atoms with E-state index >= 15 is 0 Å². The molecule has 96 valence electrons. The van der Waals surface area contributed by atoms with E-state index in [-0.39, 0.29) is 5.82 Å². The van der Waals surface area contributed by atoms with E-state index in [2.05, 4.69) is 16.0 Å². The third-order valence-electron chi connectivity index (χ3n) is 3.38. The molecule has 1 aromatic heterocycles. The van der Waals surface area contributed by atoms with Gasteiger partial charge in [0.25, 0.3) is 0 Å². The number of nitrogens with one attached hydrogen (secondary N) is 1. The molecule has 5 heteroatoms. The van der Waals surface area contributed by atoms with Gasteiger partial charge in [0.15, 0.2) is 5.41 Å². The van der Waals surface area contributed by atoms with E-state index in [1.54, 1.807) is 18.2 Å². The lowest BCUT2D eigenvalue weighted by molar-refractivity contribution is -0.0335. The average Bonchev–Trinajstić information content (AvgIpc) is 2.72. The summed E-state index contributed by atoms with van der Waals surface area (Å²) in [5.74, 6) is 0.233. The number of aryl methyl sites for hydroxylation is 1. The van der Waals surface area contributed by atoms with Crippen molar-refractivity contribution in [1.82, 2.24) is 9.97 Å². The minimum Gasteiger partial charge on any atom is -0.377 e. The number of nitriles is 1. The maximum absolute atomic E-state index is 13.8. The smallest absolute Gasteiger partial charge is 0.161 e. The highest BCUT2D eigenvalue weighted by atomic mass is 19.1. The van der Waals surface area contributed by atoms with Crippen LogP contribution in [0.15, 0.2) is 24.3 Å². The second-order valence-corrected chi connectivity index (χ2v) is 4.73. The summed E-state index contributed by atoms with van der Waals surface area (Å²) >= 11 is 0. The molecule has 0 unspecified atom stereocenters. The summed E-state index contributed by atoms with van der Waals surface area (Å²) in [7, 11) is 0. The van der Waals surface area contributed by atoms with Gasteiger partial charge >= 0.3 is 0 Å². The van der Waals surface area contributed by atoms with Crippen molar-refractivity contribution in [3.63, 3.8) is 0 Å². The van der Waals surface area contributed by atoms with Gasteiger partial charge in [0, 0.05) is 11.3 Å². The molecule has 3 rings (SSSR count). The van der Waals surface area contributed by atoms with Gasteiger partial charge in [0.1, 0.15) is 11.6 Å². The number of nitrogens with zero attached hydrogens (tertiary/aromatic N) is 2. The Labute approximate surface area is 109 Å². The van der Waals surface area contributed by atoms with E-state index in [1.807, 2.05) is 6.92 Å². The Morgan fingerprint density at radius 1 is 1.42 bits per heavy atom. The summed E-state index contributed by atoms with van der Waals surface area (Å²) in [6, 6.07) is 8.70. The van der Waals surface area contributed by atoms with Gasteiger partial charge in [-0.3, -0.25) is 0 Å². The summed E-state index contributed by atoms with van der Waals surface area (Å²) in [4.78, 5) is 7.49. The van der Waals surface area contributed by atoms with Gasteiger partial charge in [0.05, 0.1) is 25.0 Å². The molecular weight excluding hydrogens is 245 g/mol. The van der Waals surface area contributed by atoms with Gasteiger partial charge in [-0.15, -0.1) is 0 Å². The third-order valence-corrected chi connectivity index (χ3v) is 3.38. The van der Waals surface area contributed by atoms with Crippen LogP contribution < -0.4 is 0 Å². The molecule has 2 aromatic rings. The van der Waals surface area contributed by atoms with Crippen LogP contribution in [0.3, 0.4) is 0 Å². The van der Waals surface area contributed by atoms with Crippen molar-refractivity contribution in [2.75, 3.05) is 13.2 Å². The van der Waals surface area contributed by atoms with Crippen LogP contribution in [0.25, 0.3) is 11.3 Å². The Hall–Kier alpha value is -2.19. The van der Waals surface area contributed by atoms with Gasteiger partial charge in [0.2, 0.25) is 0 Å². The number of halogens is 1. The summed E-state index contributed by atoms with van der Waals surface area (Å²) in [6.07, 6.45) is 0. The van der Waals surface area contributed by atoms with Crippen LogP contribution in [-0.4, -0.2) is 23.2 Å². The van der Waals surface area contributed by atoms with Crippen molar-refractivity contribution in [3.8, 4) is 17.3 Å². The Balaban J connectivity index is 2.08. The van der Waals surface area contributed by atoms with Crippen LogP contribution in [0.2, 0.25) is 0 Å². The fourth-order valence-electron chi connectivity index (χ4n) is 2.16. The molecule has 1 N–H and O–H groups in total. The van der Waals surface area contributed by atoms with E-state index in [1.165, 1.54) is 6.07 Å². The van der Waals surface area contributed by atoms with E-state index in [4.69, 9.17) is 4.74 Å². The lowest BCUT2D eigenvalue weighted by Crippen LogP contribution is -2.46. The minimum absolute atomic E-state index is 0.320. The molecular formula is C14H12FN3O. The number of benzene rings is 1. The van der Waals surface area contributed by atoms with E-state index < -0.39 is 5.41 Å². The fraction of sp³-hybridized carbons (Fsp3) is 0.286. The molecule has 0 bridgehead atoms. The number of hydrogen-bond donors (Lipinski definition) is 1. The van der Waals surface area contributed by atoms with Gasteiger partial charge in [-0.25, -0.2) is 9.37 Å². The van der Waals surface area contributed by atoms with Gasteiger partial charge in [-0.2, -0.15) is 5.26 Å². The van der Waals surface area contributed by atoms with Crippen molar-refractivity contribution in [3.05, 3.63) is 41.6 Å². The number of rotatable bonds is 2. The lowest BCUT2D eigenvalue weighted by atomic mass is 9.87. The van der Waals surface area contributed by atoms with Gasteiger partial charge < -0.3 is 9.72 Å². The summed E-state index contributed by atoms with van der Waals surface area (Å²) in [6.45, 7) is 2.48. The largest absolute Gasteiger partial charge is 0.377 e. The number of imidazole rings is 1. The predicted octanol–water partition coefficient (Wildman–Crippen LogP) is 2.32. The fourth-order valence-corrected chi connectivity index (χ4v) is 2.16. The molecule has 0 radical (unpaired) electrons. The molecule has 0 spiro atoms.